The van der Waals surface area contributed by atoms with Crippen LogP contribution in [0.5, 0.6) is 0 Å². The van der Waals surface area contributed by atoms with E-state index in [1.54, 1.807) is 23.6 Å². The van der Waals surface area contributed by atoms with E-state index in [2.05, 4.69) is 28.5 Å². The molecule has 0 saturated heterocycles. The Morgan fingerprint density at radius 2 is 1.82 bits per heavy atom. The molecular formula is C29H26ClF3N4O2. The number of hydrogen-bond acceptors (Lipinski definition) is 5. The van der Waals surface area contributed by atoms with Gasteiger partial charge in [0.2, 0.25) is 5.95 Å². The number of fused-ring (bicyclic) bond motifs is 1. The van der Waals surface area contributed by atoms with E-state index in [1.807, 2.05) is 12.1 Å². The largest absolute Gasteiger partial charge is 0.471 e. The zero-order chi connectivity index (χ0) is 27.6. The van der Waals surface area contributed by atoms with E-state index >= 15 is 0 Å². The molecule has 0 unspecified atom stereocenters. The highest BCUT2D eigenvalue weighted by Crippen LogP contribution is 2.35. The summed E-state index contributed by atoms with van der Waals surface area (Å²) in [5.74, 6) is -1.65. The molecule has 6 nitrogen and oxygen atoms in total. The van der Waals surface area contributed by atoms with E-state index in [0.717, 1.165) is 36.8 Å². The van der Waals surface area contributed by atoms with Gasteiger partial charge in [-0.1, -0.05) is 60.5 Å². The minimum absolute atomic E-state index is 0.0199. The highest BCUT2D eigenvalue weighted by molar-refractivity contribution is 6.32. The van der Waals surface area contributed by atoms with Crippen molar-refractivity contribution in [2.75, 3.05) is 10.6 Å². The van der Waals surface area contributed by atoms with Gasteiger partial charge in [0, 0.05) is 29.6 Å². The molecule has 1 fully saturated rings. The Hall–Kier alpha value is -3.72. The molecular weight excluding hydrogens is 529 g/mol. The molecule has 0 bridgehead atoms. The Kier molecular flexibility index (Phi) is 7.70. The molecule has 2 aliphatic rings. The highest BCUT2D eigenvalue weighted by atomic mass is 35.5. The minimum atomic E-state index is -4.96. The SMILES string of the molecule is O=C(Cc1ccc(NC(=O)C(F)(F)F)cc1)[C@H]1CCC[C@@H](Nc2ncc(Cl)c(C3=CCc4ccccc43)n2)C1. The summed E-state index contributed by atoms with van der Waals surface area (Å²) in [4.78, 5) is 33.2. The number of amides is 1. The first-order chi connectivity index (χ1) is 18.7. The Bertz CT molecular complexity index is 1420. The van der Waals surface area contributed by atoms with Gasteiger partial charge in [0.25, 0.3) is 0 Å². The van der Waals surface area contributed by atoms with Gasteiger partial charge in [-0.3, -0.25) is 9.59 Å². The highest BCUT2D eigenvalue weighted by Gasteiger charge is 2.38. The minimum Gasteiger partial charge on any atom is -0.351 e. The van der Waals surface area contributed by atoms with Gasteiger partial charge in [-0.15, -0.1) is 0 Å². The number of ketones is 1. The maximum absolute atomic E-state index is 13.0. The van der Waals surface area contributed by atoms with Crippen molar-refractivity contribution in [1.29, 1.82) is 0 Å². The van der Waals surface area contributed by atoms with Crippen LogP contribution >= 0.6 is 11.6 Å². The van der Waals surface area contributed by atoms with Crippen LogP contribution in [0.25, 0.3) is 5.57 Å². The lowest BCUT2D eigenvalue weighted by molar-refractivity contribution is -0.167. The molecule has 10 heteroatoms. The molecule has 0 spiro atoms. The number of aromatic nitrogens is 2. The fourth-order valence-electron chi connectivity index (χ4n) is 5.18. The maximum atomic E-state index is 13.0. The summed E-state index contributed by atoms with van der Waals surface area (Å²) in [7, 11) is 0. The first-order valence-corrected chi connectivity index (χ1v) is 13.1. The van der Waals surface area contributed by atoms with Gasteiger partial charge in [0.05, 0.1) is 16.9 Å². The van der Waals surface area contributed by atoms with Crippen molar-refractivity contribution < 1.29 is 22.8 Å². The van der Waals surface area contributed by atoms with Gasteiger partial charge < -0.3 is 10.6 Å². The lowest BCUT2D eigenvalue weighted by atomic mass is 9.81. The molecule has 2 aliphatic carbocycles. The molecule has 2 N–H and O–H groups in total. The zero-order valence-electron chi connectivity index (χ0n) is 20.9. The van der Waals surface area contributed by atoms with Crippen LogP contribution in [0.15, 0.2) is 60.8 Å². The van der Waals surface area contributed by atoms with E-state index in [9.17, 15) is 22.8 Å². The number of rotatable bonds is 7. The summed E-state index contributed by atoms with van der Waals surface area (Å²) in [6.07, 6.45) is 2.90. The Labute approximate surface area is 228 Å². The summed E-state index contributed by atoms with van der Waals surface area (Å²) in [5, 5.41) is 5.67. The van der Waals surface area contributed by atoms with Crippen LogP contribution in [0, 0.1) is 5.92 Å². The number of Topliss-reactive ketones (excluding diaryl/α,β-unsaturated/α-hetero) is 1. The number of allylic oxidation sites excluding steroid dienone is 1. The van der Waals surface area contributed by atoms with Crippen LogP contribution in [0.1, 0.15) is 48.1 Å². The van der Waals surface area contributed by atoms with Gasteiger partial charge in [-0.05, 0) is 54.5 Å². The van der Waals surface area contributed by atoms with Gasteiger partial charge in [0.1, 0.15) is 5.78 Å². The first kappa shape index (κ1) is 26.9. The molecule has 3 aromatic rings. The number of alkyl halides is 3. The van der Waals surface area contributed by atoms with Crippen LogP contribution in [-0.4, -0.2) is 33.9 Å². The average molecular weight is 555 g/mol. The molecule has 5 rings (SSSR count). The predicted octanol–water partition coefficient (Wildman–Crippen LogP) is 6.40. The van der Waals surface area contributed by atoms with Crippen LogP contribution in [0.4, 0.5) is 24.8 Å². The van der Waals surface area contributed by atoms with Crippen molar-refractivity contribution in [1.82, 2.24) is 9.97 Å². The lowest BCUT2D eigenvalue weighted by Gasteiger charge is -2.29. The van der Waals surface area contributed by atoms with Crippen LogP contribution in [-0.2, 0) is 22.4 Å². The third-order valence-corrected chi connectivity index (χ3v) is 7.42. The molecule has 2 aromatic carbocycles. The number of nitrogens with one attached hydrogen (secondary N) is 2. The van der Waals surface area contributed by atoms with Gasteiger partial charge >= 0.3 is 12.1 Å². The third kappa shape index (κ3) is 6.30. The quantitative estimate of drug-likeness (QED) is 0.353. The average Bonchev–Trinajstić information content (AvgIpc) is 3.34. The molecule has 2 atom stereocenters. The molecule has 1 aromatic heterocycles. The summed E-state index contributed by atoms with van der Waals surface area (Å²) in [6, 6.07) is 14.0. The van der Waals surface area contributed by atoms with Gasteiger partial charge in [-0.2, -0.15) is 13.2 Å². The monoisotopic (exact) mass is 554 g/mol. The Morgan fingerprint density at radius 3 is 2.59 bits per heavy atom. The second kappa shape index (κ2) is 11.2. The van der Waals surface area contributed by atoms with Crippen LogP contribution < -0.4 is 10.6 Å². The Balaban J connectivity index is 1.20. The molecule has 0 radical (unpaired) electrons. The lowest BCUT2D eigenvalue weighted by Crippen LogP contribution is -2.32. The van der Waals surface area contributed by atoms with E-state index < -0.39 is 12.1 Å². The molecule has 1 saturated carbocycles. The Morgan fingerprint density at radius 1 is 1.05 bits per heavy atom. The fraction of sp³-hybridized carbons (Fsp3) is 0.310. The van der Waals surface area contributed by atoms with Crippen molar-refractivity contribution in [3.8, 4) is 0 Å². The molecule has 1 heterocycles. The second-order valence-electron chi connectivity index (χ2n) is 9.87. The second-order valence-corrected chi connectivity index (χ2v) is 10.3. The summed E-state index contributed by atoms with van der Waals surface area (Å²) < 4.78 is 37.3. The van der Waals surface area contributed by atoms with Gasteiger partial charge in [0.15, 0.2) is 0 Å². The third-order valence-electron chi connectivity index (χ3n) is 7.14. The number of carbonyl (C=O) groups is 2. The van der Waals surface area contributed by atoms with Crippen molar-refractivity contribution in [2.45, 2.75) is 50.7 Å². The summed E-state index contributed by atoms with van der Waals surface area (Å²) in [6.45, 7) is 0. The fourth-order valence-corrected chi connectivity index (χ4v) is 5.37. The normalized spacial score (nSPS) is 18.7. The smallest absolute Gasteiger partial charge is 0.351 e. The van der Waals surface area contributed by atoms with E-state index in [-0.39, 0.29) is 29.9 Å². The van der Waals surface area contributed by atoms with Gasteiger partial charge in [-0.25, -0.2) is 9.97 Å². The van der Waals surface area contributed by atoms with Crippen LogP contribution in [0.2, 0.25) is 5.02 Å². The van der Waals surface area contributed by atoms with Crippen LogP contribution in [0.3, 0.4) is 0 Å². The van der Waals surface area contributed by atoms with Crippen molar-refractivity contribution >= 4 is 40.5 Å². The van der Waals surface area contributed by atoms with Crippen molar-refractivity contribution in [3.05, 3.63) is 88.2 Å². The molecule has 0 aliphatic heterocycles. The number of carbonyl (C=O) groups excluding carboxylic acids is 2. The molecule has 1 amide bonds. The first-order valence-electron chi connectivity index (χ1n) is 12.7. The standard InChI is InChI=1S/C29H26ClF3N4O2/c30-24-16-34-28(37-26(24)23-13-10-18-4-1-2-7-22(18)23)36-21-6-3-5-19(15-21)25(38)14-17-8-11-20(12-9-17)35-27(39)29(31,32)33/h1-2,4,7-9,11-13,16,19,21H,3,5-6,10,14-15H2,(H,35,39)(H,34,36,37)/t19-,21+/m0/s1. The molecule has 39 heavy (non-hydrogen) atoms. The van der Waals surface area contributed by atoms with Crippen molar-refractivity contribution in [3.63, 3.8) is 0 Å². The predicted molar refractivity (Wildman–Crippen MR) is 143 cm³/mol. The number of benzene rings is 2. The topological polar surface area (TPSA) is 84.0 Å². The van der Waals surface area contributed by atoms with E-state index in [1.165, 1.54) is 17.7 Å². The molecule has 202 valence electrons. The maximum Gasteiger partial charge on any atom is 0.471 e. The number of anilines is 2. The van der Waals surface area contributed by atoms with E-state index in [0.29, 0.717) is 28.6 Å². The number of nitrogens with zero attached hydrogens (tertiary/aromatic N) is 2. The summed E-state index contributed by atoms with van der Waals surface area (Å²) in [5.41, 5.74) is 4.71. The number of hydrogen-bond donors (Lipinski definition) is 2. The van der Waals surface area contributed by atoms with Crippen molar-refractivity contribution in [2.24, 2.45) is 5.92 Å². The summed E-state index contributed by atoms with van der Waals surface area (Å²) >= 11 is 6.47. The van der Waals surface area contributed by atoms with E-state index in [4.69, 9.17) is 16.6 Å². The number of halogens is 4. The zero-order valence-corrected chi connectivity index (χ0v) is 21.6.